The summed E-state index contributed by atoms with van der Waals surface area (Å²) in [5.41, 5.74) is 2.27. The maximum atomic E-state index is 11.7. The Morgan fingerprint density at radius 3 is 3.00 bits per heavy atom. The highest BCUT2D eigenvalue weighted by atomic mass is 32.2. The van der Waals surface area contributed by atoms with Gasteiger partial charge in [0.25, 0.3) is 5.22 Å². The molecule has 0 radical (unpaired) electrons. The minimum atomic E-state index is -0.312. The molecule has 0 atom stereocenters. The third kappa shape index (κ3) is 3.62. The van der Waals surface area contributed by atoms with E-state index in [4.69, 9.17) is 9.15 Å². The van der Waals surface area contributed by atoms with Gasteiger partial charge in [-0.05, 0) is 19.1 Å². The zero-order chi connectivity index (χ0) is 14.7. The summed E-state index contributed by atoms with van der Waals surface area (Å²) in [7, 11) is 0. The third-order valence-electron chi connectivity index (χ3n) is 2.64. The molecule has 7 heteroatoms. The van der Waals surface area contributed by atoms with E-state index in [0.717, 1.165) is 16.2 Å². The van der Waals surface area contributed by atoms with Gasteiger partial charge >= 0.3 is 5.97 Å². The predicted molar refractivity (Wildman–Crippen MR) is 81.4 cm³/mol. The van der Waals surface area contributed by atoms with Gasteiger partial charge < -0.3 is 9.15 Å². The first-order chi connectivity index (χ1) is 10.2. The highest BCUT2D eigenvalue weighted by Crippen LogP contribution is 2.23. The van der Waals surface area contributed by atoms with Gasteiger partial charge in [0.1, 0.15) is 17.9 Å². The van der Waals surface area contributed by atoms with E-state index in [1.165, 1.54) is 23.1 Å². The van der Waals surface area contributed by atoms with Gasteiger partial charge in [-0.15, -0.1) is 11.3 Å². The van der Waals surface area contributed by atoms with Crippen LogP contribution in [-0.2, 0) is 16.1 Å². The molecule has 0 aliphatic carbocycles. The lowest BCUT2D eigenvalue weighted by molar-refractivity contribution is -0.141. The normalized spacial score (nSPS) is 10.9. The molecule has 21 heavy (non-hydrogen) atoms. The van der Waals surface area contributed by atoms with Crippen LogP contribution in [0.5, 0.6) is 0 Å². The molecule has 0 aliphatic rings. The van der Waals surface area contributed by atoms with Crippen LogP contribution in [0.2, 0.25) is 0 Å². The Balaban J connectivity index is 1.51. The molecule has 3 aromatic rings. The van der Waals surface area contributed by atoms with E-state index in [-0.39, 0.29) is 18.3 Å². The second-order valence-electron chi connectivity index (χ2n) is 4.25. The molecule has 0 unspecified atom stereocenters. The third-order valence-corrected chi connectivity index (χ3v) is 4.26. The van der Waals surface area contributed by atoms with Crippen LogP contribution in [0.3, 0.4) is 0 Å². The standard InChI is InChI=1S/C14H12N2O3S2/c1-9-15-10(7-20-9)6-18-13(17)8-21-14-16-11-4-2-3-5-12(11)19-14/h2-5,7H,6,8H2,1H3. The van der Waals surface area contributed by atoms with Crippen LogP contribution in [0.4, 0.5) is 0 Å². The zero-order valence-electron chi connectivity index (χ0n) is 11.2. The minimum absolute atomic E-state index is 0.163. The summed E-state index contributed by atoms with van der Waals surface area (Å²) in [6.07, 6.45) is 0. The van der Waals surface area contributed by atoms with Crippen LogP contribution >= 0.6 is 23.1 Å². The van der Waals surface area contributed by atoms with Crippen LogP contribution in [0, 0.1) is 6.92 Å². The maximum absolute atomic E-state index is 11.7. The molecular formula is C14H12N2O3S2. The van der Waals surface area contributed by atoms with Crippen molar-refractivity contribution >= 4 is 40.2 Å². The number of esters is 1. The number of thiazole rings is 1. The fraction of sp³-hybridized carbons (Fsp3) is 0.214. The molecule has 5 nitrogen and oxygen atoms in total. The number of benzene rings is 1. The number of oxazole rings is 1. The number of hydrogen-bond acceptors (Lipinski definition) is 7. The van der Waals surface area contributed by atoms with Crippen molar-refractivity contribution in [3.05, 3.63) is 40.3 Å². The van der Waals surface area contributed by atoms with E-state index in [0.29, 0.717) is 10.8 Å². The van der Waals surface area contributed by atoms with Crippen molar-refractivity contribution in [1.29, 1.82) is 0 Å². The van der Waals surface area contributed by atoms with Crippen molar-refractivity contribution < 1.29 is 13.9 Å². The Kier molecular flexibility index (Phi) is 4.21. The van der Waals surface area contributed by atoms with E-state index >= 15 is 0 Å². The monoisotopic (exact) mass is 320 g/mol. The van der Waals surface area contributed by atoms with Gasteiger partial charge in [-0.3, -0.25) is 4.79 Å². The molecule has 2 aromatic heterocycles. The van der Waals surface area contributed by atoms with Gasteiger partial charge in [-0.2, -0.15) is 0 Å². The Morgan fingerprint density at radius 2 is 2.24 bits per heavy atom. The quantitative estimate of drug-likeness (QED) is 0.530. The van der Waals surface area contributed by atoms with Crippen LogP contribution in [0.25, 0.3) is 11.1 Å². The zero-order valence-corrected chi connectivity index (χ0v) is 12.9. The molecule has 2 heterocycles. The Morgan fingerprint density at radius 1 is 1.38 bits per heavy atom. The van der Waals surface area contributed by atoms with Gasteiger partial charge in [-0.25, -0.2) is 9.97 Å². The first kappa shape index (κ1) is 14.1. The van der Waals surface area contributed by atoms with Crippen molar-refractivity contribution in [2.45, 2.75) is 18.8 Å². The summed E-state index contributed by atoms with van der Waals surface area (Å²) in [4.78, 5) is 20.2. The number of aryl methyl sites for hydroxylation is 1. The number of nitrogens with zero attached hydrogens (tertiary/aromatic N) is 2. The van der Waals surface area contributed by atoms with Gasteiger partial charge in [0.2, 0.25) is 0 Å². The summed E-state index contributed by atoms with van der Waals surface area (Å²) in [6.45, 7) is 2.12. The van der Waals surface area contributed by atoms with Crippen LogP contribution in [0.15, 0.2) is 39.3 Å². The highest BCUT2D eigenvalue weighted by molar-refractivity contribution is 7.99. The number of fused-ring (bicyclic) bond motifs is 1. The molecule has 3 rings (SSSR count). The number of hydrogen-bond donors (Lipinski definition) is 0. The van der Waals surface area contributed by atoms with E-state index in [9.17, 15) is 4.79 Å². The Labute approximate surface area is 129 Å². The molecule has 0 saturated heterocycles. The van der Waals surface area contributed by atoms with Crippen molar-refractivity contribution in [1.82, 2.24) is 9.97 Å². The summed E-state index contributed by atoms with van der Waals surface area (Å²) < 4.78 is 10.7. The second kappa shape index (κ2) is 6.28. The lowest BCUT2D eigenvalue weighted by Gasteiger charge is -2.00. The number of ether oxygens (including phenoxy) is 1. The van der Waals surface area contributed by atoms with Crippen molar-refractivity contribution in [2.75, 3.05) is 5.75 Å². The molecule has 0 amide bonds. The van der Waals surface area contributed by atoms with E-state index in [1.54, 1.807) is 0 Å². The maximum Gasteiger partial charge on any atom is 0.316 e. The average molecular weight is 320 g/mol. The molecular weight excluding hydrogens is 308 g/mol. The van der Waals surface area contributed by atoms with Crippen molar-refractivity contribution in [3.63, 3.8) is 0 Å². The average Bonchev–Trinajstić information content (AvgIpc) is 3.08. The molecule has 0 saturated carbocycles. The summed E-state index contributed by atoms with van der Waals surface area (Å²) in [5, 5.41) is 3.32. The van der Waals surface area contributed by atoms with Crippen LogP contribution in [-0.4, -0.2) is 21.7 Å². The van der Waals surface area contributed by atoms with E-state index in [2.05, 4.69) is 9.97 Å². The Hall–Kier alpha value is -1.86. The fourth-order valence-electron chi connectivity index (χ4n) is 1.70. The fourth-order valence-corrected chi connectivity index (χ4v) is 2.94. The molecule has 0 aliphatic heterocycles. The largest absolute Gasteiger partial charge is 0.459 e. The highest BCUT2D eigenvalue weighted by Gasteiger charge is 2.10. The Bertz CT molecular complexity index is 733. The van der Waals surface area contributed by atoms with Gasteiger partial charge in [0, 0.05) is 5.38 Å². The predicted octanol–water partition coefficient (Wildman–Crippen LogP) is 3.43. The molecule has 0 fully saturated rings. The first-order valence-electron chi connectivity index (χ1n) is 6.26. The molecule has 0 bridgehead atoms. The smallest absolute Gasteiger partial charge is 0.316 e. The second-order valence-corrected chi connectivity index (χ2v) is 6.24. The van der Waals surface area contributed by atoms with Crippen LogP contribution in [0.1, 0.15) is 10.7 Å². The van der Waals surface area contributed by atoms with E-state index in [1.807, 2.05) is 36.6 Å². The summed E-state index contributed by atoms with van der Waals surface area (Å²) in [6, 6.07) is 7.48. The number of rotatable bonds is 5. The molecule has 0 N–H and O–H groups in total. The lowest BCUT2D eigenvalue weighted by Crippen LogP contribution is -2.07. The molecule has 1 aromatic carbocycles. The van der Waals surface area contributed by atoms with Crippen molar-refractivity contribution in [3.8, 4) is 0 Å². The molecule has 108 valence electrons. The van der Waals surface area contributed by atoms with Gasteiger partial charge in [-0.1, -0.05) is 23.9 Å². The number of thioether (sulfide) groups is 1. The number of carbonyl (C=O) groups is 1. The summed E-state index contributed by atoms with van der Waals surface area (Å²) >= 11 is 2.76. The van der Waals surface area contributed by atoms with Crippen molar-refractivity contribution in [2.24, 2.45) is 0 Å². The van der Waals surface area contributed by atoms with Gasteiger partial charge in [0.05, 0.1) is 10.7 Å². The van der Waals surface area contributed by atoms with Crippen LogP contribution < -0.4 is 0 Å². The van der Waals surface area contributed by atoms with E-state index < -0.39 is 0 Å². The topological polar surface area (TPSA) is 65.2 Å². The molecule has 0 spiro atoms. The lowest BCUT2D eigenvalue weighted by atomic mass is 10.3. The minimum Gasteiger partial charge on any atom is -0.459 e. The van der Waals surface area contributed by atoms with Gasteiger partial charge in [0.15, 0.2) is 5.58 Å². The number of aromatic nitrogens is 2. The SMILES string of the molecule is Cc1nc(COC(=O)CSc2nc3ccccc3o2)cs1. The number of para-hydroxylation sites is 2. The summed E-state index contributed by atoms with van der Waals surface area (Å²) in [5.74, 6) is -0.149. The number of carbonyl (C=O) groups excluding carboxylic acids is 1. The first-order valence-corrected chi connectivity index (χ1v) is 8.12.